The standard InChI is InChI=1S/C23H26FNO5S/c24-18-8-3-7-17(13-18)20-14-25(23-22(20)28-15-29-23)11-12-31(26,27)30-21-10-4-6-16-5-1-2-9-19(16)21/h1-3,5,7-9,13,20-23H,4,6,10-12,14-15H2. The van der Waals surface area contributed by atoms with Gasteiger partial charge in [-0.1, -0.05) is 36.4 Å². The maximum Gasteiger partial charge on any atom is 0.269 e. The zero-order chi connectivity index (χ0) is 21.4. The van der Waals surface area contributed by atoms with Crippen LogP contribution in [0, 0.1) is 5.82 Å². The van der Waals surface area contributed by atoms with Gasteiger partial charge in [-0.25, -0.2) is 4.39 Å². The summed E-state index contributed by atoms with van der Waals surface area (Å²) >= 11 is 0. The van der Waals surface area contributed by atoms with Crippen molar-refractivity contribution in [3.8, 4) is 0 Å². The van der Waals surface area contributed by atoms with Gasteiger partial charge in [0.1, 0.15) is 31.0 Å². The molecule has 0 bridgehead atoms. The molecule has 0 aromatic heterocycles. The van der Waals surface area contributed by atoms with Crippen LogP contribution in [0.25, 0.3) is 0 Å². The number of nitrogens with zero attached hydrogens (tertiary/aromatic N) is 1. The van der Waals surface area contributed by atoms with Crippen molar-refractivity contribution in [2.45, 2.75) is 43.6 Å². The first-order chi connectivity index (χ1) is 15.0. The molecule has 2 aromatic carbocycles. The third-order valence-electron chi connectivity index (χ3n) is 6.45. The molecular formula is C23H26FNO5S. The Bertz CT molecular complexity index is 1050. The molecule has 2 saturated heterocycles. The summed E-state index contributed by atoms with van der Waals surface area (Å²) in [7, 11) is -3.73. The van der Waals surface area contributed by atoms with E-state index in [-0.39, 0.29) is 43.2 Å². The van der Waals surface area contributed by atoms with Gasteiger partial charge in [-0.15, -0.1) is 0 Å². The summed E-state index contributed by atoms with van der Waals surface area (Å²) < 4.78 is 56.4. The van der Waals surface area contributed by atoms with Crippen LogP contribution in [0.1, 0.15) is 41.6 Å². The Morgan fingerprint density at radius 1 is 1.13 bits per heavy atom. The highest BCUT2D eigenvalue weighted by Gasteiger charge is 2.47. The van der Waals surface area contributed by atoms with Crippen molar-refractivity contribution in [1.82, 2.24) is 4.90 Å². The molecule has 2 aliphatic heterocycles. The van der Waals surface area contributed by atoms with E-state index in [1.54, 1.807) is 6.07 Å². The highest BCUT2D eigenvalue weighted by atomic mass is 32.2. The molecule has 6 nitrogen and oxygen atoms in total. The first-order valence-electron chi connectivity index (χ1n) is 10.7. The molecule has 0 radical (unpaired) electrons. The zero-order valence-corrected chi connectivity index (χ0v) is 18.0. The second kappa shape index (κ2) is 8.60. The average Bonchev–Trinajstić information content (AvgIpc) is 3.36. The molecule has 2 fully saturated rings. The lowest BCUT2D eigenvalue weighted by Gasteiger charge is -2.26. The highest BCUT2D eigenvalue weighted by Crippen LogP contribution is 2.38. The van der Waals surface area contributed by atoms with E-state index < -0.39 is 16.2 Å². The van der Waals surface area contributed by atoms with Crippen LogP contribution in [0.3, 0.4) is 0 Å². The zero-order valence-electron chi connectivity index (χ0n) is 17.2. The van der Waals surface area contributed by atoms with Gasteiger partial charge in [-0.05, 0) is 48.1 Å². The molecule has 0 amide bonds. The lowest BCUT2D eigenvalue weighted by Crippen LogP contribution is -2.37. The van der Waals surface area contributed by atoms with Crippen LogP contribution in [0.4, 0.5) is 4.39 Å². The Balaban J connectivity index is 1.25. The Kier molecular flexibility index (Phi) is 5.83. The molecule has 0 spiro atoms. The number of ether oxygens (including phenoxy) is 2. The number of aryl methyl sites for hydroxylation is 1. The normalized spacial score (nSPS) is 28.4. The number of likely N-dealkylation sites (tertiary alicyclic amines) is 1. The van der Waals surface area contributed by atoms with Crippen LogP contribution < -0.4 is 0 Å². The van der Waals surface area contributed by atoms with Crippen molar-refractivity contribution in [3.05, 3.63) is 71.0 Å². The molecular weight excluding hydrogens is 421 g/mol. The van der Waals surface area contributed by atoms with Crippen LogP contribution in [-0.2, 0) is 30.2 Å². The number of benzene rings is 2. The molecule has 3 aliphatic rings. The van der Waals surface area contributed by atoms with Gasteiger partial charge in [0.25, 0.3) is 10.1 Å². The van der Waals surface area contributed by atoms with Gasteiger partial charge in [0.15, 0.2) is 0 Å². The lowest BCUT2D eigenvalue weighted by atomic mass is 9.90. The van der Waals surface area contributed by atoms with Gasteiger partial charge in [0, 0.05) is 19.0 Å². The third kappa shape index (κ3) is 4.40. The van der Waals surface area contributed by atoms with Crippen molar-refractivity contribution in [2.24, 2.45) is 0 Å². The number of fused-ring (bicyclic) bond motifs is 2. The number of hydrogen-bond donors (Lipinski definition) is 0. The van der Waals surface area contributed by atoms with Crippen LogP contribution in [0.5, 0.6) is 0 Å². The fourth-order valence-electron chi connectivity index (χ4n) is 4.97. The van der Waals surface area contributed by atoms with E-state index in [9.17, 15) is 12.8 Å². The lowest BCUT2D eigenvalue weighted by molar-refractivity contribution is -0.0187. The summed E-state index contributed by atoms with van der Waals surface area (Å²) in [5, 5.41) is 0. The Morgan fingerprint density at radius 3 is 2.87 bits per heavy atom. The minimum absolute atomic E-state index is 0.0722. The molecule has 4 atom stereocenters. The Hall–Kier alpha value is -1.84. The fraction of sp³-hybridized carbons (Fsp3) is 0.478. The molecule has 166 valence electrons. The van der Waals surface area contributed by atoms with Crippen molar-refractivity contribution < 1.29 is 26.5 Å². The van der Waals surface area contributed by atoms with Crippen LogP contribution >= 0.6 is 0 Å². The first kappa shape index (κ1) is 21.0. The number of hydrogen-bond acceptors (Lipinski definition) is 6. The van der Waals surface area contributed by atoms with Crippen molar-refractivity contribution in [2.75, 3.05) is 25.6 Å². The molecule has 31 heavy (non-hydrogen) atoms. The first-order valence-corrected chi connectivity index (χ1v) is 12.3. The third-order valence-corrected chi connectivity index (χ3v) is 7.66. The molecule has 8 heteroatoms. The SMILES string of the molecule is O=S(=O)(CCN1CC(c2cccc(F)c2)C2OCOC21)OC1CCCc2ccccc21. The topological polar surface area (TPSA) is 65.1 Å². The average molecular weight is 448 g/mol. The summed E-state index contributed by atoms with van der Waals surface area (Å²) in [5.41, 5.74) is 2.96. The van der Waals surface area contributed by atoms with Gasteiger partial charge < -0.3 is 9.47 Å². The van der Waals surface area contributed by atoms with Gasteiger partial charge in [0.2, 0.25) is 0 Å². The van der Waals surface area contributed by atoms with E-state index in [0.29, 0.717) is 13.0 Å². The smallest absolute Gasteiger partial charge is 0.269 e. The van der Waals surface area contributed by atoms with Crippen LogP contribution in [0.15, 0.2) is 48.5 Å². The van der Waals surface area contributed by atoms with Crippen molar-refractivity contribution in [3.63, 3.8) is 0 Å². The highest BCUT2D eigenvalue weighted by molar-refractivity contribution is 7.86. The van der Waals surface area contributed by atoms with Crippen molar-refractivity contribution >= 4 is 10.1 Å². The monoisotopic (exact) mass is 447 g/mol. The van der Waals surface area contributed by atoms with E-state index in [0.717, 1.165) is 29.5 Å². The van der Waals surface area contributed by atoms with Gasteiger partial charge in [-0.3, -0.25) is 9.08 Å². The molecule has 0 saturated carbocycles. The summed E-state index contributed by atoms with van der Waals surface area (Å²) in [6.07, 6.45) is 1.56. The Labute approximate surface area is 182 Å². The number of rotatable bonds is 6. The summed E-state index contributed by atoms with van der Waals surface area (Å²) in [4.78, 5) is 1.96. The second-order valence-corrected chi connectivity index (χ2v) is 10.1. The number of halogens is 1. The van der Waals surface area contributed by atoms with E-state index in [1.807, 2.05) is 35.2 Å². The van der Waals surface area contributed by atoms with E-state index >= 15 is 0 Å². The Morgan fingerprint density at radius 2 is 2.00 bits per heavy atom. The van der Waals surface area contributed by atoms with E-state index in [1.165, 1.54) is 12.1 Å². The molecule has 4 unspecified atom stereocenters. The largest absolute Gasteiger partial charge is 0.347 e. The quantitative estimate of drug-likeness (QED) is 0.633. The predicted molar refractivity (Wildman–Crippen MR) is 112 cm³/mol. The van der Waals surface area contributed by atoms with E-state index in [2.05, 4.69) is 0 Å². The van der Waals surface area contributed by atoms with Gasteiger partial charge in [0.05, 0.1) is 5.75 Å². The second-order valence-electron chi connectivity index (χ2n) is 8.40. The van der Waals surface area contributed by atoms with Gasteiger partial charge in [-0.2, -0.15) is 8.42 Å². The summed E-state index contributed by atoms with van der Waals surface area (Å²) in [6.45, 7) is 0.966. The fourth-order valence-corrected chi connectivity index (χ4v) is 6.08. The maximum atomic E-state index is 13.7. The molecule has 2 aromatic rings. The van der Waals surface area contributed by atoms with Crippen LogP contribution in [0.2, 0.25) is 0 Å². The van der Waals surface area contributed by atoms with E-state index in [4.69, 9.17) is 13.7 Å². The minimum atomic E-state index is -3.73. The molecule has 1 aliphatic carbocycles. The molecule has 5 rings (SSSR count). The van der Waals surface area contributed by atoms with Crippen molar-refractivity contribution in [1.29, 1.82) is 0 Å². The summed E-state index contributed by atoms with van der Waals surface area (Å²) in [6, 6.07) is 14.3. The van der Waals surface area contributed by atoms with Crippen LogP contribution in [-0.4, -0.2) is 51.3 Å². The maximum absolute atomic E-state index is 13.7. The molecule has 2 heterocycles. The molecule has 0 N–H and O–H groups in total. The predicted octanol–water partition coefficient (Wildman–Crippen LogP) is 3.35. The van der Waals surface area contributed by atoms with Gasteiger partial charge >= 0.3 is 0 Å². The summed E-state index contributed by atoms with van der Waals surface area (Å²) in [5.74, 6) is -0.499. The minimum Gasteiger partial charge on any atom is -0.347 e.